The van der Waals surface area contributed by atoms with Crippen LogP contribution in [0.3, 0.4) is 0 Å². The topological polar surface area (TPSA) is 122 Å². The van der Waals surface area contributed by atoms with Crippen molar-refractivity contribution in [2.75, 3.05) is 13.2 Å². The van der Waals surface area contributed by atoms with E-state index in [1.165, 1.54) is 10.9 Å². The highest BCUT2D eigenvalue weighted by Gasteiger charge is 2.18. The molecule has 0 saturated heterocycles. The number of ether oxygens (including phenoxy) is 2. The molecule has 9 nitrogen and oxygen atoms in total. The number of hydrogen-bond donors (Lipinski definition) is 1. The third-order valence-electron chi connectivity index (χ3n) is 5.95. The number of carbonyl (C=O) groups excluding carboxylic acids is 1. The van der Waals surface area contributed by atoms with Crippen LogP contribution in [0.4, 0.5) is 0 Å². The van der Waals surface area contributed by atoms with Gasteiger partial charge in [0.25, 0.3) is 11.5 Å². The normalized spacial score (nSPS) is 11.3. The lowest BCUT2D eigenvalue weighted by molar-refractivity contribution is -0.119. The Balaban J connectivity index is 1.65. The number of furan rings is 1. The molecule has 0 aliphatic heterocycles. The molecule has 0 aliphatic rings. The number of carbonyl (C=O) groups is 1. The van der Waals surface area contributed by atoms with Gasteiger partial charge in [0, 0.05) is 16.0 Å². The van der Waals surface area contributed by atoms with Gasteiger partial charge in [0.2, 0.25) is 5.82 Å². The molecule has 0 saturated carbocycles. The predicted molar refractivity (Wildman–Crippen MR) is 155 cm³/mol. The van der Waals surface area contributed by atoms with Gasteiger partial charge >= 0.3 is 0 Å². The first-order valence-electron chi connectivity index (χ1n) is 12.4. The molecular weight excluding hydrogens is 532 g/mol. The Labute approximate surface area is 234 Å². The van der Waals surface area contributed by atoms with Crippen molar-refractivity contribution in [2.24, 2.45) is 10.8 Å². The molecule has 0 fully saturated rings. The maximum absolute atomic E-state index is 13.6. The molecular formula is C30H25ClN4O5. The number of nitrogens with zero attached hydrogens (tertiary/aromatic N) is 3. The number of para-hydroxylation sites is 1. The van der Waals surface area contributed by atoms with Crippen LogP contribution in [0.15, 0.2) is 87.6 Å². The molecule has 2 aromatic heterocycles. The Morgan fingerprint density at radius 1 is 1.18 bits per heavy atom. The van der Waals surface area contributed by atoms with E-state index in [9.17, 15) is 9.59 Å². The molecule has 202 valence electrons. The van der Waals surface area contributed by atoms with Gasteiger partial charge in [-0.1, -0.05) is 29.8 Å². The van der Waals surface area contributed by atoms with Crippen LogP contribution in [-0.2, 0) is 11.2 Å². The molecule has 3 aromatic carbocycles. The van der Waals surface area contributed by atoms with Crippen molar-refractivity contribution in [3.05, 3.63) is 99.8 Å². The van der Waals surface area contributed by atoms with Gasteiger partial charge in [-0.05, 0) is 67.4 Å². The number of nitrogens with two attached hydrogens (primary N) is 1. The molecule has 40 heavy (non-hydrogen) atoms. The molecule has 0 aliphatic carbocycles. The number of benzene rings is 3. The van der Waals surface area contributed by atoms with E-state index in [4.69, 9.17) is 36.2 Å². The summed E-state index contributed by atoms with van der Waals surface area (Å²) in [5.41, 5.74) is 7.35. The molecule has 2 heterocycles. The second kappa shape index (κ2) is 11.5. The van der Waals surface area contributed by atoms with E-state index in [1.807, 2.05) is 19.1 Å². The zero-order valence-electron chi connectivity index (χ0n) is 21.6. The van der Waals surface area contributed by atoms with Crippen molar-refractivity contribution in [3.8, 4) is 23.1 Å². The minimum atomic E-state index is -0.610. The average molecular weight is 557 g/mol. The number of amides is 1. The van der Waals surface area contributed by atoms with Crippen molar-refractivity contribution < 1.29 is 18.7 Å². The zero-order chi connectivity index (χ0) is 28.2. The lowest BCUT2D eigenvalue weighted by Crippen LogP contribution is -2.21. The highest BCUT2D eigenvalue weighted by atomic mass is 35.5. The maximum Gasteiger partial charge on any atom is 0.282 e. The second-order valence-corrected chi connectivity index (χ2v) is 9.23. The first-order valence-corrected chi connectivity index (χ1v) is 12.8. The van der Waals surface area contributed by atoms with Gasteiger partial charge in [0.15, 0.2) is 23.9 Å². The minimum absolute atomic E-state index is 0.227. The summed E-state index contributed by atoms with van der Waals surface area (Å²) in [4.78, 5) is 29.7. The Morgan fingerprint density at radius 3 is 2.77 bits per heavy atom. The quantitative estimate of drug-likeness (QED) is 0.183. The summed E-state index contributed by atoms with van der Waals surface area (Å²) in [6, 6.07) is 17.6. The van der Waals surface area contributed by atoms with Crippen LogP contribution in [0.2, 0.25) is 5.02 Å². The summed E-state index contributed by atoms with van der Waals surface area (Å²) < 4.78 is 18.7. The summed E-state index contributed by atoms with van der Waals surface area (Å²) in [6.45, 7) is 5.69. The highest BCUT2D eigenvalue weighted by Crippen LogP contribution is 2.34. The van der Waals surface area contributed by atoms with Gasteiger partial charge in [0.05, 0.1) is 23.7 Å². The molecule has 5 rings (SSSR count). The lowest BCUT2D eigenvalue weighted by Gasteiger charge is -2.16. The van der Waals surface area contributed by atoms with Crippen LogP contribution in [0, 0.1) is 0 Å². The fraction of sp³-hybridized carbons (Fsp3) is 0.133. The third kappa shape index (κ3) is 5.45. The summed E-state index contributed by atoms with van der Waals surface area (Å²) in [5.74, 6) is 0.771. The molecule has 0 spiro atoms. The molecule has 10 heteroatoms. The lowest BCUT2D eigenvalue weighted by atomic mass is 10.1. The standard InChI is InChI=1S/C30H25ClN4O5/c1-3-7-19-12-18(13-25(38-4-2)28(19)39-17-27(32)36)16-33-35-29(34-23-9-6-5-8-22(23)30(35)37)26-15-20-14-21(31)10-11-24(20)40-26/h3,5-6,8-16H,1,4,7,17H2,2H3,(H2,32,36). The summed E-state index contributed by atoms with van der Waals surface area (Å²) >= 11 is 6.16. The number of allylic oxidation sites excluding steroid dienone is 1. The SMILES string of the molecule is C=CCc1cc(C=Nn2c(-c3cc4cc(Cl)ccc4o3)nc3ccccc3c2=O)cc(OCC)c1OCC(N)=O. The van der Waals surface area contributed by atoms with E-state index in [1.54, 1.807) is 54.6 Å². The van der Waals surface area contributed by atoms with Crippen LogP contribution in [0.1, 0.15) is 18.1 Å². The Hall–Kier alpha value is -4.89. The van der Waals surface area contributed by atoms with Crippen LogP contribution < -0.4 is 20.8 Å². The summed E-state index contributed by atoms with van der Waals surface area (Å²) in [6.07, 6.45) is 3.65. The van der Waals surface area contributed by atoms with Crippen molar-refractivity contribution >= 4 is 45.6 Å². The fourth-order valence-electron chi connectivity index (χ4n) is 4.27. The summed E-state index contributed by atoms with van der Waals surface area (Å²) in [5, 5.41) is 6.26. The van der Waals surface area contributed by atoms with Gasteiger partial charge in [0.1, 0.15) is 5.58 Å². The minimum Gasteiger partial charge on any atom is -0.490 e. The van der Waals surface area contributed by atoms with Crippen molar-refractivity contribution in [1.29, 1.82) is 0 Å². The number of hydrogen-bond acceptors (Lipinski definition) is 7. The maximum atomic E-state index is 13.6. The van der Waals surface area contributed by atoms with E-state index < -0.39 is 5.91 Å². The van der Waals surface area contributed by atoms with E-state index in [0.717, 1.165) is 5.39 Å². The Bertz CT molecular complexity index is 1840. The van der Waals surface area contributed by atoms with Gasteiger partial charge in [-0.25, -0.2) is 4.98 Å². The van der Waals surface area contributed by atoms with Crippen LogP contribution in [0.25, 0.3) is 33.5 Å². The number of primary amides is 1. The first kappa shape index (κ1) is 26.7. The number of halogens is 1. The average Bonchev–Trinajstić information content (AvgIpc) is 3.35. The number of fused-ring (bicyclic) bond motifs is 2. The molecule has 0 atom stereocenters. The zero-order valence-corrected chi connectivity index (χ0v) is 22.4. The van der Waals surface area contributed by atoms with E-state index >= 15 is 0 Å². The van der Waals surface area contributed by atoms with Crippen LogP contribution >= 0.6 is 11.6 Å². The Morgan fingerprint density at radius 2 is 2.00 bits per heavy atom. The molecule has 0 bridgehead atoms. The number of rotatable bonds is 10. The monoisotopic (exact) mass is 556 g/mol. The van der Waals surface area contributed by atoms with Gasteiger partial charge in [-0.3, -0.25) is 9.59 Å². The third-order valence-corrected chi connectivity index (χ3v) is 6.19. The predicted octanol–water partition coefficient (Wildman–Crippen LogP) is 5.34. The molecule has 5 aromatic rings. The van der Waals surface area contributed by atoms with E-state index in [0.29, 0.717) is 62.9 Å². The van der Waals surface area contributed by atoms with E-state index in [-0.39, 0.29) is 18.0 Å². The summed E-state index contributed by atoms with van der Waals surface area (Å²) in [7, 11) is 0. The van der Waals surface area contributed by atoms with Crippen molar-refractivity contribution in [3.63, 3.8) is 0 Å². The largest absolute Gasteiger partial charge is 0.490 e. The molecule has 2 N–H and O–H groups in total. The number of aromatic nitrogens is 2. The fourth-order valence-corrected chi connectivity index (χ4v) is 4.45. The second-order valence-electron chi connectivity index (χ2n) is 8.79. The van der Waals surface area contributed by atoms with Crippen LogP contribution in [0.5, 0.6) is 11.5 Å². The molecule has 0 radical (unpaired) electrons. The smallest absolute Gasteiger partial charge is 0.282 e. The van der Waals surface area contributed by atoms with Crippen LogP contribution in [-0.4, -0.2) is 35.0 Å². The van der Waals surface area contributed by atoms with Crippen molar-refractivity contribution in [2.45, 2.75) is 13.3 Å². The molecule has 1 amide bonds. The Kier molecular flexibility index (Phi) is 7.65. The van der Waals surface area contributed by atoms with Crippen molar-refractivity contribution in [1.82, 2.24) is 9.66 Å². The molecule has 0 unspecified atom stereocenters. The first-order chi connectivity index (χ1) is 19.4. The van der Waals surface area contributed by atoms with Gasteiger partial charge in [-0.15, -0.1) is 6.58 Å². The van der Waals surface area contributed by atoms with Gasteiger partial charge < -0.3 is 19.6 Å². The van der Waals surface area contributed by atoms with E-state index in [2.05, 4.69) is 11.7 Å². The van der Waals surface area contributed by atoms with Gasteiger partial charge in [-0.2, -0.15) is 9.78 Å². The highest BCUT2D eigenvalue weighted by molar-refractivity contribution is 6.31.